The summed E-state index contributed by atoms with van der Waals surface area (Å²) >= 11 is 0. The van der Waals surface area contributed by atoms with Crippen LogP contribution in [-0.4, -0.2) is 64.6 Å². The largest absolute Gasteiger partial charge is 0.409 e. The average Bonchev–Trinajstić information content (AvgIpc) is 2.55. The molecule has 0 radical (unpaired) electrons. The fourth-order valence-electron chi connectivity index (χ4n) is 2.86. The molecule has 0 spiro atoms. The van der Waals surface area contributed by atoms with Crippen LogP contribution >= 0.6 is 0 Å². The first-order chi connectivity index (χ1) is 10.2. The number of pyridine rings is 1. The number of piperazine rings is 1. The number of rotatable bonds is 6. The van der Waals surface area contributed by atoms with Crippen molar-refractivity contribution >= 4 is 5.84 Å². The van der Waals surface area contributed by atoms with Crippen LogP contribution in [0.15, 0.2) is 29.7 Å². The van der Waals surface area contributed by atoms with Crippen LogP contribution in [0.3, 0.4) is 0 Å². The third-order valence-electron chi connectivity index (χ3n) is 4.16. The summed E-state index contributed by atoms with van der Waals surface area (Å²) in [6.07, 6.45) is 5.61. The number of hydrogen-bond acceptors (Lipinski definition) is 5. The van der Waals surface area contributed by atoms with Crippen molar-refractivity contribution in [1.29, 1.82) is 0 Å². The molecule has 2 rings (SSSR count). The predicted octanol–water partition coefficient (Wildman–Crippen LogP) is 0.767. The van der Waals surface area contributed by atoms with Crippen LogP contribution in [0.4, 0.5) is 0 Å². The maximum absolute atomic E-state index is 8.85. The summed E-state index contributed by atoms with van der Waals surface area (Å²) in [7, 11) is 0. The molecule has 1 aromatic rings. The first kappa shape index (κ1) is 15.7. The molecule has 6 nitrogen and oxygen atoms in total. The topological polar surface area (TPSA) is 78.0 Å². The van der Waals surface area contributed by atoms with E-state index >= 15 is 0 Å². The van der Waals surface area contributed by atoms with Gasteiger partial charge in [0.1, 0.15) is 0 Å². The van der Waals surface area contributed by atoms with E-state index in [1.165, 1.54) is 5.56 Å². The van der Waals surface area contributed by atoms with E-state index in [2.05, 4.69) is 39.0 Å². The number of nitrogens with two attached hydrogens (primary N) is 1. The molecule has 1 aliphatic heterocycles. The van der Waals surface area contributed by atoms with Crippen molar-refractivity contribution < 1.29 is 5.21 Å². The summed E-state index contributed by atoms with van der Waals surface area (Å²) in [5, 5.41) is 12.0. The monoisotopic (exact) mass is 291 g/mol. The minimum Gasteiger partial charge on any atom is -0.409 e. The molecule has 1 atom stereocenters. The summed E-state index contributed by atoms with van der Waals surface area (Å²) in [5.74, 6) is 0.322. The van der Waals surface area contributed by atoms with Gasteiger partial charge in [0.15, 0.2) is 5.84 Å². The van der Waals surface area contributed by atoms with E-state index in [1.54, 1.807) is 0 Å². The van der Waals surface area contributed by atoms with E-state index in [9.17, 15) is 0 Å². The van der Waals surface area contributed by atoms with Crippen LogP contribution in [0.5, 0.6) is 0 Å². The fourth-order valence-corrected chi connectivity index (χ4v) is 2.86. The molecular formula is C15H25N5O. The molecule has 1 unspecified atom stereocenters. The molecule has 0 aliphatic carbocycles. The van der Waals surface area contributed by atoms with Crippen LogP contribution in [0.25, 0.3) is 0 Å². The average molecular weight is 291 g/mol. The molecule has 1 aromatic heterocycles. The number of amidine groups is 1. The van der Waals surface area contributed by atoms with Crippen molar-refractivity contribution in [1.82, 2.24) is 14.8 Å². The van der Waals surface area contributed by atoms with Gasteiger partial charge in [-0.1, -0.05) is 12.1 Å². The molecule has 21 heavy (non-hydrogen) atoms. The Bertz CT molecular complexity index is 443. The number of aromatic nitrogens is 1. The van der Waals surface area contributed by atoms with Crippen LogP contribution < -0.4 is 5.73 Å². The lowest BCUT2D eigenvalue weighted by Gasteiger charge is -2.38. The smallest absolute Gasteiger partial charge is 0.156 e. The van der Waals surface area contributed by atoms with Gasteiger partial charge >= 0.3 is 0 Å². The summed E-state index contributed by atoms with van der Waals surface area (Å²) in [6, 6.07) is 4.20. The Hall–Kier alpha value is -1.66. The highest BCUT2D eigenvalue weighted by Gasteiger charge is 2.25. The first-order valence-electron chi connectivity index (χ1n) is 7.57. The molecule has 1 fully saturated rings. The second kappa shape index (κ2) is 7.95. The Morgan fingerprint density at radius 2 is 2.00 bits per heavy atom. The lowest BCUT2D eigenvalue weighted by Crippen LogP contribution is -2.54. The normalized spacial score (nSPS) is 19.6. The highest BCUT2D eigenvalue weighted by molar-refractivity contribution is 5.85. The van der Waals surface area contributed by atoms with Crippen LogP contribution in [0.2, 0.25) is 0 Å². The van der Waals surface area contributed by atoms with Gasteiger partial charge in [0.25, 0.3) is 0 Å². The van der Waals surface area contributed by atoms with Gasteiger partial charge in [-0.05, 0) is 30.5 Å². The van der Waals surface area contributed by atoms with Crippen molar-refractivity contribution in [3.8, 4) is 0 Å². The van der Waals surface area contributed by atoms with Crippen molar-refractivity contribution in [2.45, 2.75) is 25.8 Å². The quantitative estimate of drug-likeness (QED) is 0.350. The Balaban J connectivity index is 1.78. The van der Waals surface area contributed by atoms with Crippen LogP contribution in [-0.2, 0) is 6.42 Å². The maximum Gasteiger partial charge on any atom is 0.156 e. The van der Waals surface area contributed by atoms with Gasteiger partial charge < -0.3 is 15.8 Å². The van der Waals surface area contributed by atoms with E-state index in [-0.39, 0.29) is 6.04 Å². The molecular weight excluding hydrogens is 266 g/mol. The zero-order chi connectivity index (χ0) is 15.1. The predicted molar refractivity (Wildman–Crippen MR) is 83.4 cm³/mol. The minimum absolute atomic E-state index is 0.0531. The lowest BCUT2D eigenvalue weighted by atomic mass is 10.1. The summed E-state index contributed by atoms with van der Waals surface area (Å²) < 4.78 is 0. The van der Waals surface area contributed by atoms with Crippen LogP contribution in [0.1, 0.15) is 18.9 Å². The van der Waals surface area contributed by atoms with Gasteiger partial charge in [0.05, 0.1) is 6.04 Å². The van der Waals surface area contributed by atoms with Crippen molar-refractivity contribution in [3.05, 3.63) is 30.1 Å². The summed E-state index contributed by atoms with van der Waals surface area (Å²) in [4.78, 5) is 8.81. The molecule has 116 valence electrons. The Labute approximate surface area is 126 Å². The Morgan fingerprint density at radius 3 is 2.57 bits per heavy atom. The molecule has 3 N–H and O–H groups in total. The van der Waals surface area contributed by atoms with Gasteiger partial charge in [0.2, 0.25) is 0 Å². The van der Waals surface area contributed by atoms with Crippen LogP contribution in [0, 0.1) is 0 Å². The molecule has 1 saturated heterocycles. The highest BCUT2D eigenvalue weighted by atomic mass is 16.4. The van der Waals surface area contributed by atoms with E-state index in [0.717, 1.165) is 45.6 Å². The van der Waals surface area contributed by atoms with Gasteiger partial charge in [0, 0.05) is 45.1 Å². The highest BCUT2D eigenvalue weighted by Crippen LogP contribution is 2.10. The number of nitrogens with zero attached hydrogens (tertiary/aromatic N) is 4. The third-order valence-corrected chi connectivity index (χ3v) is 4.16. The van der Waals surface area contributed by atoms with Gasteiger partial charge in [-0.25, -0.2) is 0 Å². The van der Waals surface area contributed by atoms with Crippen molar-refractivity contribution in [2.24, 2.45) is 10.9 Å². The lowest BCUT2D eigenvalue weighted by molar-refractivity contribution is 0.115. The molecule has 6 heteroatoms. The molecule has 0 aromatic carbocycles. The molecule has 0 bridgehead atoms. The summed E-state index contributed by atoms with van der Waals surface area (Å²) in [6.45, 7) is 7.12. The standard InChI is InChI=1S/C15H25N5O/c1-2-14(15(16)18-21)20-11-9-19(10-12-20)8-5-13-3-6-17-7-4-13/h3-4,6-7,14,21H,2,5,8-12H2,1H3,(H2,16,18). The SMILES string of the molecule is CCC(C(N)=NO)N1CCN(CCc2ccncc2)CC1. The zero-order valence-corrected chi connectivity index (χ0v) is 12.6. The van der Waals surface area contributed by atoms with Gasteiger partial charge in [-0.15, -0.1) is 0 Å². The third kappa shape index (κ3) is 4.41. The Kier molecular flexibility index (Phi) is 5.95. The van der Waals surface area contributed by atoms with E-state index in [1.807, 2.05) is 12.4 Å². The molecule has 0 saturated carbocycles. The zero-order valence-electron chi connectivity index (χ0n) is 12.6. The summed E-state index contributed by atoms with van der Waals surface area (Å²) in [5.41, 5.74) is 7.10. The molecule has 1 aliphatic rings. The van der Waals surface area contributed by atoms with E-state index in [4.69, 9.17) is 10.9 Å². The van der Waals surface area contributed by atoms with E-state index in [0.29, 0.717) is 5.84 Å². The Morgan fingerprint density at radius 1 is 1.33 bits per heavy atom. The number of oxime groups is 1. The van der Waals surface area contributed by atoms with Gasteiger partial charge in [-0.2, -0.15) is 0 Å². The van der Waals surface area contributed by atoms with E-state index < -0.39 is 0 Å². The maximum atomic E-state index is 8.85. The second-order valence-corrected chi connectivity index (χ2v) is 5.43. The second-order valence-electron chi connectivity index (χ2n) is 5.43. The molecule has 2 heterocycles. The van der Waals surface area contributed by atoms with Crippen molar-refractivity contribution in [2.75, 3.05) is 32.7 Å². The van der Waals surface area contributed by atoms with Crippen molar-refractivity contribution in [3.63, 3.8) is 0 Å². The number of hydrogen-bond donors (Lipinski definition) is 2. The van der Waals surface area contributed by atoms with Gasteiger partial charge in [-0.3, -0.25) is 9.88 Å². The minimum atomic E-state index is 0.0531. The first-order valence-corrected chi connectivity index (χ1v) is 7.57. The fraction of sp³-hybridized carbons (Fsp3) is 0.600. The molecule has 0 amide bonds.